The van der Waals surface area contributed by atoms with Crippen molar-refractivity contribution in [1.29, 1.82) is 0 Å². The van der Waals surface area contributed by atoms with E-state index < -0.39 is 11.7 Å². The molecule has 4 nitrogen and oxygen atoms in total. The van der Waals surface area contributed by atoms with Gasteiger partial charge in [0.05, 0.1) is 18.8 Å². The Balaban J connectivity index is 1.38. The number of fused-ring (bicyclic) bond motifs is 1. The molecule has 2 N–H and O–H groups in total. The van der Waals surface area contributed by atoms with Gasteiger partial charge in [-0.3, -0.25) is 0 Å². The highest BCUT2D eigenvalue weighted by Gasteiger charge is 2.34. The highest BCUT2D eigenvalue weighted by atomic mass is 16.5. The molecule has 1 aliphatic heterocycles. The molecule has 0 radical (unpaired) electrons. The normalized spacial score (nSPS) is 18.1. The highest BCUT2D eigenvalue weighted by Crippen LogP contribution is 2.34. The second-order valence-electron chi connectivity index (χ2n) is 7.68. The summed E-state index contributed by atoms with van der Waals surface area (Å²) in [6.07, 6.45) is 0.782. The van der Waals surface area contributed by atoms with E-state index in [9.17, 15) is 10.2 Å². The third-order valence-corrected chi connectivity index (χ3v) is 5.90. The largest absolute Gasteiger partial charge is 0.497 e. The molecule has 146 valence electrons. The minimum atomic E-state index is -0.809. The first kappa shape index (κ1) is 18.9. The van der Waals surface area contributed by atoms with Crippen LogP contribution in [0.2, 0.25) is 0 Å². The first-order valence-electron chi connectivity index (χ1n) is 9.83. The van der Waals surface area contributed by atoms with Gasteiger partial charge in [-0.2, -0.15) is 0 Å². The van der Waals surface area contributed by atoms with Gasteiger partial charge in [-0.1, -0.05) is 48.5 Å². The summed E-state index contributed by atoms with van der Waals surface area (Å²) < 4.78 is 5.20. The fourth-order valence-corrected chi connectivity index (χ4v) is 4.06. The molecule has 0 unspecified atom stereocenters. The predicted molar refractivity (Wildman–Crippen MR) is 111 cm³/mol. The van der Waals surface area contributed by atoms with Gasteiger partial charge in [0.2, 0.25) is 0 Å². The van der Waals surface area contributed by atoms with E-state index in [0.29, 0.717) is 19.4 Å². The van der Waals surface area contributed by atoms with Crippen LogP contribution in [0.15, 0.2) is 66.7 Å². The summed E-state index contributed by atoms with van der Waals surface area (Å²) in [6.45, 7) is 2.09. The van der Waals surface area contributed by atoms with Gasteiger partial charge < -0.3 is 19.8 Å². The van der Waals surface area contributed by atoms with Crippen molar-refractivity contribution < 1.29 is 14.9 Å². The van der Waals surface area contributed by atoms with E-state index in [1.807, 2.05) is 42.5 Å². The number of likely N-dealkylation sites (tertiary alicyclic amines) is 1. The van der Waals surface area contributed by atoms with Gasteiger partial charge >= 0.3 is 0 Å². The van der Waals surface area contributed by atoms with Gasteiger partial charge in [-0.25, -0.2) is 0 Å². The van der Waals surface area contributed by atoms with Gasteiger partial charge in [0.15, 0.2) is 0 Å². The molecular formula is C24H27NO3. The number of nitrogens with zero attached hydrogens (tertiary/aromatic N) is 1. The number of β-amino-alcohol motifs (C(OH)–C–C–N with tert-alkyl or cyclic N) is 1. The molecule has 4 rings (SSSR count). The van der Waals surface area contributed by atoms with Crippen LogP contribution in [-0.2, 0) is 5.60 Å². The lowest BCUT2D eigenvalue weighted by Gasteiger charge is -2.39. The molecule has 0 bridgehead atoms. The number of hydrogen-bond acceptors (Lipinski definition) is 4. The number of benzene rings is 3. The fraction of sp³-hybridized carbons (Fsp3) is 0.333. The second-order valence-corrected chi connectivity index (χ2v) is 7.68. The Hall–Kier alpha value is -2.40. The molecule has 0 aliphatic carbocycles. The number of aliphatic hydroxyl groups excluding tert-OH is 1. The van der Waals surface area contributed by atoms with Crippen LogP contribution in [0.1, 0.15) is 30.1 Å². The summed E-state index contributed by atoms with van der Waals surface area (Å²) in [7, 11) is 1.64. The van der Waals surface area contributed by atoms with Crippen LogP contribution in [0.3, 0.4) is 0 Å². The van der Waals surface area contributed by atoms with Crippen molar-refractivity contribution in [2.24, 2.45) is 0 Å². The van der Waals surface area contributed by atoms with Crippen LogP contribution in [0.25, 0.3) is 10.8 Å². The molecular weight excluding hydrogens is 350 g/mol. The molecule has 0 spiro atoms. The van der Waals surface area contributed by atoms with E-state index in [4.69, 9.17) is 4.74 Å². The van der Waals surface area contributed by atoms with Gasteiger partial charge in [0.25, 0.3) is 0 Å². The highest BCUT2D eigenvalue weighted by molar-refractivity contribution is 5.83. The first-order chi connectivity index (χ1) is 13.6. The first-order valence-corrected chi connectivity index (χ1v) is 9.83. The average molecular weight is 377 g/mol. The maximum atomic E-state index is 11.1. The standard InChI is InChI=1S/C24H27NO3/c1-28-22-10-8-21(9-11-22)24(27)12-14-25(15-13-24)17-23(26)20-7-6-18-4-2-3-5-19(18)16-20/h2-11,16,23,26-27H,12-15,17H2,1H3/t23-/m0/s1. The number of piperidine rings is 1. The lowest BCUT2D eigenvalue weighted by atomic mass is 9.84. The van der Waals surface area contributed by atoms with Crippen LogP contribution < -0.4 is 4.74 Å². The molecule has 1 fully saturated rings. The van der Waals surface area contributed by atoms with Crippen LogP contribution in [-0.4, -0.2) is 41.9 Å². The molecule has 0 aromatic heterocycles. The Kier molecular flexibility index (Phi) is 5.36. The van der Waals surface area contributed by atoms with Crippen molar-refractivity contribution in [2.75, 3.05) is 26.7 Å². The van der Waals surface area contributed by atoms with Crippen molar-refractivity contribution in [3.8, 4) is 5.75 Å². The van der Waals surface area contributed by atoms with Crippen LogP contribution in [0.4, 0.5) is 0 Å². The van der Waals surface area contributed by atoms with Crippen molar-refractivity contribution >= 4 is 10.8 Å². The number of rotatable bonds is 5. The number of aliphatic hydroxyl groups is 2. The Morgan fingerprint density at radius 3 is 2.32 bits per heavy atom. The molecule has 0 saturated carbocycles. The Labute approximate surface area is 166 Å². The zero-order chi connectivity index (χ0) is 19.6. The number of ether oxygens (including phenoxy) is 1. The van der Waals surface area contributed by atoms with Crippen LogP contribution in [0.5, 0.6) is 5.75 Å². The topological polar surface area (TPSA) is 52.9 Å². The SMILES string of the molecule is COc1ccc(C2(O)CCN(C[C@H](O)c3ccc4ccccc4c3)CC2)cc1. The second kappa shape index (κ2) is 7.92. The lowest BCUT2D eigenvalue weighted by Crippen LogP contribution is -2.43. The molecule has 1 aliphatic rings. The summed E-state index contributed by atoms with van der Waals surface area (Å²) in [4.78, 5) is 2.23. The number of methoxy groups -OCH3 is 1. The Morgan fingerprint density at radius 2 is 1.64 bits per heavy atom. The summed E-state index contributed by atoms with van der Waals surface area (Å²) in [5, 5.41) is 24.1. The van der Waals surface area contributed by atoms with Crippen molar-refractivity contribution in [3.05, 3.63) is 77.9 Å². The van der Waals surface area contributed by atoms with Crippen LogP contribution in [0, 0.1) is 0 Å². The zero-order valence-corrected chi connectivity index (χ0v) is 16.2. The molecule has 1 saturated heterocycles. The maximum absolute atomic E-state index is 11.1. The van der Waals surface area contributed by atoms with E-state index in [1.54, 1.807) is 7.11 Å². The molecule has 28 heavy (non-hydrogen) atoms. The van der Waals surface area contributed by atoms with Crippen LogP contribution >= 0.6 is 0 Å². The summed E-state index contributed by atoms with van der Waals surface area (Å²) >= 11 is 0. The third kappa shape index (κ3) is 3.90. The van der Waals surface area contributed by atoms with E-state index in [2.05, 4.69) is 29.2 Å². The van der Waals surface area contributed by atoms with Crippen molar-refractivity contribution in [1.82, 2.24) is 4.90 Å². The Bertz CT molecular complexity index is 930. The van der Waals surface area contributed by atoms with E-state index >= 15 is 0 Å². The summed E-state index contributed by atoms with van der Waals surface area (Å²) in [5.74, 6) is 0.795. The van der Waals surface area contributed by atoms with Crippen molar-refractivity contribution in [3.63, 3.8) is 0 Å². The fourth-order valence-electron chi connectivity index (χ4n) is 4.06. The summed E-state index contributed by atoms with van der Waals surface area (Å²) in [6, 6.07) is 22.0. The average Bonchev–Trinajstić information content (AvgIpc) is 2.75. The minimum Gasteiger partial charge on any atom is -0.497 e. The lowest BCUT2D eigenvalue weighted by molar-refractivity contribution is -0.0344. The van der Waals surface area contributed by atoms with Gasteiger partial charge in [0.1, 0.15) is 5.75 Å². The quantitative estimate of drug-likeness (QED) is 0.709. The van der Waals surface area contributed by atoms with Gasteiger partial charge in [-0.15, -0.1) is 0 Å². The maximum Gasteiger partial charge on any atom is 0.118 e. The zero-order valence-electron chi connectivity index (χ0n) is 16.2. The summed E-state index contributed by atoms with van der Waals surface area (Å²) in [5.41, 5.74) is 1.06. The monoisotopic (exact) mass is 377 g/mol. The van der Waals surface area contributed by atoms with E-state index in [0.717, 1.165) is 35.4 Å². The smallest absolute Gasteiger partial charge is 0.118 e. The minimum absolute atomic E-state index is 0.531. The number of hydrogen-bond donors (Lipinski definition) is 2. The molecule has 1 heterocycles. The third-order valence-electron chi connectivity index (χ3n) is 5.90. The predicted octanol–water partition coefficient (Wildman–Crippen LogP) is 3.87. The molecule has 4 heteroatoms. The Morgan fingerprint density at radius 1 is 0.964 bits per heavy atom. The molecule has 0 amide bonds. The van der Waals surface area contributed by atoms with Gasteiger partial charge in [0, 0.05) is 19.6 Å². The van der Waals surface area contributed by atoms with Gasteiger partial charge in [-0.05, 0) is 52.9 Å². The van der Waals surface area contributed by atoms with Crippen molar-refractivity contribution in [2.45, 2.75) is 24.5 Å². The molecule has 3 aromatic rings. The van der Waals surface area contributed by atoms with E-state index in [-0.39, 0.29) is 0 Å². The van der Waals surface area contributed by atoms with E-state index in [1.165, 1.54) is 5.39 Å². The molecule has 1 atom stereocenters. The molecule has 3 aromatic carbocycles.